The summed E-state index contributed by atoms with van der Waals surface area (Å²) >= 11 is 0. The highest BCUT2D eigenvalue weighted by molar-refractivity contribution is 5.79. The van der Waals surface area contributed by atoms with Crippen molar-refractivity contribution in [1.29, 1.82) is 0 Å². The molecule has 0 bridgehead atoms. The summed E-state index contributed by atoms with van der Waals surface area (Å²) in [5.41, 5.74) is 8.51. The van der Waals surface area contributed by atoms with Crippen LogP contribution in [0.1, 0.15) is 63.1 Å². The molecular weight excluding hydrogens is 272 g/mol. The topological polar surface area (TPSA) is 55.1 Å². The van der Waals surface area contributed by atoms with Gasteiger partial charge in [0.25, 0.3) is 0 Å². The molecule has 1 aliphatic rings. The lowest BCUT2D eigenvalue weighted by atomic mass is 9.85. The molecule has 0 spiro atoms. The third kappa shape index (κ3) is 4.57. The summed E-state index contributed by atoms with van der Waals surface area (Å²) < 4.78 is 0. The fourth-order valence-corrected chi connectivity index (χ4v) is 3.47. The SMILES string of the molecule is Cc1ccccc1C(CC(C)C)NC(=O)C1CCCC(N)C1. The van der Waals surface area contributed by atoms with E-state index in [2.05, 4.69) is 44.3 Å². The van der Waals surface area contributed by atoms with Gasteiger partial charge in [0.2, 0.25) is 5.91 Å². The van der Waals surface area contributed by atoms with Crippen molar-refractivity contribution in [3.05, 3.63) is 35.4 Å². The summed E-state index contributed by atoms with van der Waals surface area (Å²) in [5.74, 6) is 0.810. The van der Waals surface area contributed by atoms with E-state index in [4.69, 9.17) is 5.73 Å². The first-order valence-electron chi connectivity index (χ1n) is 8.59. The third-order valence-corrected chi connectivity index (χ3v) is 4.67. The van der Waals surface area contributed by atoms with Gasteiger partial charge in [-0.15, -0.1) is 0 Å². The summed E-state index contributed by atoms with van der Waals surface area (Å²) in [6.07, 6.45) is 4.89. The van der Waals surface area contributed by atoms with E-state index in [1.165, 1.54) is 11.1 Å². The number of hydrogen-bond donors (Lipinski definition) is 2. The zero-order chi connectivity index (χ0) is 16.1. The molecule has 1 fully saturated rings. The Morgan fingerprint density at radius 1 is 1.32 bits per heavy atom. The lowest BCUT2D eigenvalue weighted by molar-refractivity contribution is -0.127. The minimum absolute atomic E-state index is 0.0856. The minimum Gasteiger partial charge on any atom is -0.349 e. The second-order valence-electron chi connectivity index (χ2n) is 7.17. The molecule has 3 atom stereocenters. The molecule has 22 heavy (non-hydrogen) atoms. The number of hydrogen-bond acceptors (Lipinski definition) is 2. The summed E-state index contributed by atoms with van der Waals surface area (Å²) in [4.78, 5) is 12.7. The summed E-state index contributed by atoms with van der Waals surface area (Å²) in [6.45, 7) is 6.52. The van der Waals surface area contributed by atoms with Crippen LogP contribution in [0.15, 0.2) is 24.3 Å². The number of carbonyl (C=O) groups excluding carboxylic acids is 1. The maximum atomic E-state index is 12.7. The zero-order valence-corrected chi connectivity index (χ0v) is 14.1. The molecule has 1 aromatic carbocycles. The lowest BCUT2D eigenvalue weighted by Crippen LogP contribution is -2.39. The minimum atomic E-state index is 0.0856. The molecule has 3 unspecified atom stereocenters. The molecule has 2 rings (SSSR count). The predicted molar refractivity (Wildman–Crippen MR) is 91.5 cm³/mol. The van der Waals surface area contributed by atoms with Crippen LogP contribution in [0.2, 0.25) is 0 Å². The van der Waals surface area contributed by atoms with Gasteiger partial charge in [0.15, 0.2) is 0 Å². The molecule has 1 saturated carbocycles. The number of aryl methyl sites for hydroxylation is 1. The molecule has 0 aromatic heterocycles. The van der Waals surface area contributed by atoms with Crippen LogP contribution in [0, 0.1) is 18.8 Å². The molecule has 3 heteroatoms. The molecular formula is C19H30N2O. The van der Waals surface area contributed by atoms with Crippen molar-refractivity contribution in [2.75, 3.05) is 0 Å². The quantitative estimate of drug-likeness (QED) is 0.871. The van der Waals surface area contributed by atoms with E-state index in [1.54, 1.807) is 0 Å². The Labute approximate surface area is 134 Å². The second-order valence-corrected chi connectivity index (χ2v) is 7.17. The Balaban J connectivity index is 2.09. The van der Waals surface area contributed by atoms with Gasteiger partial charge in [-0.2, -0.15) is 0 Å². The average molecular weight is 302 g/mol. The molecule has 122 valence electrons. The average Bonchev–Trinajstić information content (AvgIpc) is 2.46. The Morgan fingerprint density at radius 2 is 2.05 bits per heavy atom. The van der Waals surface area contributed by atoms with Crippen LogP contribution in [0.5, 0.6) is 0 Å². The van der Waals surface area contributed by atoms with Crippen LogP contribution in [0.4, 0.5) is 0 Å². The highest BCUT2D eigenvalue weighted by Gasteiger charge is 2.27. The molecule has 3 N–H and O–H groups in total. The Kier molecular flexibility index (Phi) is 6.01. The highest BCUT2D eigenvalue weighted by atomic mass is 16.1. The maximum Gasteiger partial charge on any atom is 0.223 e. The first-order valence-corrected chi connectivity index (χ1v) is 8.59. The van der Waals surface area contributed by atoms with Gasteiger partial charge >= 0.3 is 0 Å². The number of nitrogens with two attached hydrogens (primary N) is 1. The van der Waals surface area contributed by atoms with Crippen LogP contribution in [-0.4, -0.2) is 11.9 Å². The zero-order valence-electron chi connectivity index (χ0n) is 14.1. The fourth-order valence-electron chi connectivity index (χ4n) is 3.47. The normalized spacial score (nSPS) is 23.3. The van der Waals surface area contributed by atoms with E-state index in [-0.39, 0.29) is 23.9 Å². The largest absolute Gasteiger partial charge is 0.349 e. The Bertz CT molecular complexity index is 498. The smallest absolute Gasteiger partial charge is 0.223 e. The molecule has 0 radical (unpaired) electrons. The number of rotatable bonds is 5. The molecule has 0 heterocycles. The van der Waals surface area contributed by atoms with E-state index in [9.17, 15) is 4.79 Å². The second kappa shape index (κ2) is 7.77. The van der Waals surface area contributed by atoms with Gasteiger partial charge in [0.1, 0.15) is 0 Å². The number of nitrogens with one attached hydrogen (secondary N) is 1. The summed E-state index contributed by atoms with van der Waals surface area (Å²) in [6, 6.07) is 8.64. The lowest BCUT2D eigenvalue weighted by Gasteiger charge is -2.29. The van der Waals surface area contributed by atoms with Crippen LogP contribution < -0.4 is 11.1 Å². The van der Waals surface area contributed by atoms with Gasteiger partial charge < -0.3 is 11.1 Å². The van der Waals surface area contributed by atoms with Crippen molar-refractivity contribution in [1.82, 2.24) is 5.32 Å². The van der Waals surface area contributed by atoms with Crippen molar-refractivity contribution in [2.45, 2.75) is 65.0 Å². The fraction of sp³-hybridized carbons (Fsp3) is 0.632. The summed E-state index contributed by atoms with van der Waals surface area (Å²) in [7, 11) is 0. The van der Waals surface area contributed by atoms with Crippen LogP contribution in [0.25, 0.3) is 0 Å². The van der Waals surface area contributed by atoms with Crippen molar-refractivity contribution in [3.8, 4) is 0 Å². The van der Waals surface area contributed by atoms with Crippen LogP contribution in [-0.2, 0) is 4.79 Å². The number of benzene rings is 1. The van der Waals surface area contributed by atoms with Crippen LogP contribution in [0.3, 0.4) is 0 Å². The van der Waals surface area contributed by atoms with Crippen molar-refractivity contribution < 1.29 is 4.79 Å². The molecule has 1 aliphatic carbocycles. The third-order valence-electron chi connectivity index (χ3n) is 4.67. The van der Waals surface area contributed by atoms with E-state index < -0.39 is 0 Å². The van der Waals surface area contributed by atoms with Gasteiger partial charge in [0.05, 0.1) is 6.04 Å². The standard InChI is InChI=1S/C19H30N2O/c1-13(2)11-18(17-10-5-4-7-14(17)3)21-19(22)15-8-6-9-16(20)12-15/h4-5,7,10,13,15-16,18H,6,8-9,11-12,20H2,1-3H3,(H,21,22). The first kappa shape index (κ1) is 17.0. The predicted octanol–water partition coefficient (Wildman–Crippen LogP) is 3.72. The van der Waals surface area contributed by atoms with Gasteiger partial charge in [-0.05, 0) is 49.7 Å². The van der Waals surface area contributed by atoms with E-state index in [0.717, 1.165) is 32.1 Å². The Hall–Kier alpha value is -1.35. The summed E-state index contributed by atoms with van der Waals surface area (Å²) in [5, 5.41) is 3.30. The molecule has 1 amide bonds. The molecule has 1 aromatic rings. The Morgan fingerprint density at radius 3 is 2.68 bits per heavy atom. The van der Waals surface area contributed by atoms with Gasteiger partial charge in [0, 0.05) is 12.0 Å². The number of amides is 1. The molecule has 0 aliphatic heterocycles. The van der Waals surface area contributed by atoms with Crippen molar-refractivity contribution in [3.63, 3.8) is 0 Å². The van der Waals surface area contributed by atoms with Gasteiger partial charge in [-0.25, -0.2) is 0 Å². The van der Waals surface area contributed by atoms with Gasteiger partial charge in [-0.3, -0.25) is 4.79 Å². The molecule has 0 saturated heterocycles. The van der Waals surface area contributed by atoms with Crippen molar-refractivity contribution in [2.24, 2.45) is 17.6 Å². The van der Waals surface area contributed by atoms with E-state index >= 15 is 0 Å². The highest BCUT2D eigenvalue weighted by Crippen LogP contribution is 2.27. The monoisotopic (exact) mass is 302 g/mol. The number of carbonyl (C=O) groups is 1. The molecule has 3 nitrogen and oxygen atoms in total. The van der Waals surface area contributed by atoms with E-state index in [0.29, 0.717) is 5.92 Å². The first-order chi connectivity index (χ1) is 10.5. The van der Waals surface area contributed by atoms with Crippen molar-refractivity contribution >= 4 is 5.91 Å². The van der Waals surface area contributed by atoms with Gasteiger partial charge in [-0.1, -0.05) is 44.5 Å². The van der Waals surface area contributed by atoms with Crippen LogP contribution >= 0.6 is 0 Å². The van der Waals surface area contributed by atoms with E-state index in [1.807, 2.05) is 6.07 Å². The maximum absolute atomic E-state index is 12.7.